The minimum atomic E-state index is -0.747. The number of benzene rings is 1. The molecule has 2 aliphatic rings. The molecule has 0 saturated carbocycles. The van der Waals surface area contributed by atoms with E-state index >= 15 is 0 Å². The smallest absolute Gasteiger partial charge is 0.329 e. The van der Waals surface area contributed by atoms with Crippen molar-refractivity contribution >= 4 is 18.0 Å². The number of hydrogen-bond donors (Lipinski definition) is 2. The van der Waals surface area contributed by atoms with Crippen molar-refractivity contribution in [2.75, 3.05) is 33.3 Å². The number of piperidine rings is 1. The Hall–Kier alpha value is -2.38. The summed E-state index contributed by atoms with van der Waals surface area (Å²) in [7, 11) is 1.58. The number of methoxy groups -OCH3 is 1. The number of ether oxygens (including phenoxy) is 1. The third kappa shape index (κ3) is 4.42. The second-order valence-corrected chi connectivity index (χ2v) is 6.69. The first-order valence-electron chi connectivity index (χ1n) is 8.96. The topological polar surface area (TPSA) is 82.1 Å². The molecule has 7 nitrogen and oxygen atoms in total. The van der Waals surface area contributed by atoms with E-state index in [1.807, 2.05) is 0 Å². The third-order valence-electron chi connectivity index (χ3n) is 4.70. The maximum Gasteiger partial charge on any atom is 0.329 e. The van der Waals surface area contributed by atoms with Gasteiger partial charge >= 0.3 is 6.03 Å². The lowest BCUT2D eigenvalue weighted by molar-refractivity contribution is -0.124. The van der Waals surface area contributed by atoms with Crippen molar-refractivity contribution in [2.45, 2.75) is 25.4 Å². The zero-order valence-corrected chi connectivity index (χ0v) is 15.0. The Morgan fingerprint density at radius 3 is 2.50 bits per heavy atom. The molecule has 3 amide bonds. The average Bonchev–Trinajstić information content (AvgIpc) is 2.90. The monoisotopic (exact) mass is 359 g/mol. The molecule has 1 aromatic carbocycles. The Bertz CT molecular complexity index is 681. The largest absolute Gasteiger partial charge is 0.497 e. The van der Waals surface area contributed by atoms with Gasteiger partial charge in [-0.2, -0.15) is 0 Å². The van der Waals surface area contributed by atoms with Crippen LogP contribution in [-0.2, 0) is 4.79 Å². The SMILES string of the molecule is COc1ccc(/C=C2\NC(=O)N(CC(O)CN3CCCCC3)C2=O)cc1. The molecule has 26 heavy (non-hydrogen) atoms. The molecular weight excluding hydrogens is 334 g/mol. The van der Waals surface area contributed by atoms with Crippen molar-refractivity contribution in [1.29, 1.82) is 0 Å². The number of carbonyl (C=O) groups excluding carboxylic acids is 2. The van der Waals surface area contributed by atoms with Crippen LogP contribution in [0.5, 0.6) is 5.75 Å². The Labute approximate surface area is 153 Å². The van der Waals surface area contributed by atoms with Gasteiger partial charge in [0.25, 0.3) is 5.91 Å². The molecule has 0 spiro atoms. The number of carbonyl (C=O) groups is 2. The predicted molar refractivity (Wildman–Crippen MR) is 97.5 cm³/mol. The molecular formula is C19H25N3O4. The van der Waals surface area contributed by atoms with Crippen molar-refractivity contribution in [3.63, 3.8) is 0 Å². The highest BCUT2D eigenvalue weighted by molar-refractivity contribution is 6.14. The fourth-order valence-corrected chi connectivity index (χ4v) is 3.31. The summed E-state index contributed by atoms with van der Waals surface area (Å²) in [6.07, 6.45) is 4.36. The van der Waals surface area contributed by atoms with Crippen LogP contribution in [0.1, 0.15) is 24.8 Å². The number of aliphatic hydroxyl groups is 1. The minimum absolute atomic E-state index is 0.00111. The number of rotatable bonds is 6. The number of hydrogen-bond acceptors (Lipinski definition) is 5. The number of likely N-dealkylation sites (tertiary alicyclic amines) is 1. The quantitative estimate of drug-likeness (QED) is 0.593. The van der Waals surface area contributed by atoms with E-state index < -0.39 is 18.0 Å². The Balaban J connectivity index is 1.61. The lowest BCUT2D eigenvalue weighted by atomic mass is 10.1. The van der Waals surface area contributed by atoms with Crippen molar-refractivity contribution in [3.8, 4) is 5.75 Å². The Kier molecular flexibility index (Phi) is 5.90. The molecule has 2 aliphatic heterocycles. The van der Waals surface area contributed by atoms with Gasteiger partial charge in [0.1, 0.15) is 11.4 Å². The summed E-state index contributed by atoms with van der Waals surface area (Å²) < 4.78 is 5.10. The molecule has 7 heteroatoms. The zero-order chi connectivity index (χ0) is 18.5. The Morgan fingerprint density at radius 1 is 1.15 bits per heavy atom. The van der Waals surface area contributed by atoms with Gasteiger partial charge in [-0.1, -0.05) is 18.6 Å². The van der Waals surface area contributed by atoms with Gasteiger partial charge in [-0.15, -0.1) is 0 Å². The van der Waals surface area contributed by atoms with E-state index in [9.17, 15) is 14.7 Å². The lowest BCUT2D eigenvalue weighted by Crippen LogP contribution is -2.44. The normalized spacial score (nSPS) is 21.2. The fourth-order valence-electron chi connectivity index (χ4n) is 3.31. The molecule has 2 heterocycles. The van der Waals surface area contributed by atoms with E-state index in [-0.39, 0.29) is 12.2 Å². The molecule has 140 valence electrons. The molecule has 2 N–H and O–H groups in total. The van der Waals surface area contributed by atoms with Crippen LogP contribution in [0, 0.1) is 0 Å². The standard InChI is InChI=1S/C19H25N3O4/c1-26-16-7-5-14(6-8-16)11-17-18(24)22(19(25)20-17)13-15(23)12-21-9-3-2-4-10-21/h5-8,11,15,23H,2-4,9-10,12-13H2,1H3,(H,20,25)/b17-11-. The number of nitrogens with zero attached hydrogens (tertiary/aromatic N) is 2. The molecule has 1 aromatic rings. The first-order valence-corrected chi connectivity index (χ1v) is 8.96. The highest BCUT2D eigenvalue weighted by Gasteiger charge is 2.35. The minimum Gasteiger partial charge on any atom is -0.497 e. The van der Waals surface area contributed by atoms with Crippen LogP contribution in [0.25, 0.3) is 6.08 Å². The molecule has 1 unspecified atom stereocenters. The van der Waals surface area contributed by atoms with Crippen LogP contribution < -0.4 is 10.1 Å². The van der Waals surface area contributed by atoms with Crippen LogP contribution in [0.4, 0.5) is 4.79 Å². The lowest BCUT2D eigenvalue weighted by Gasteiger charge is -2.29. The van der Waals surface area contributed by atoms with Gasteiger partial charge in [0, 0.05) is 6.54 Å². The van der Waals surface area contributed by atoms with E-state index in [2.05, 4.69) is 10.2 Å². The van der Waals surface area contributed by atoms with Crippen LogP contribution in [0.2, 0.25) is 0 Å². The Morgan fingerprint density at radius 2 is 1.85 bits per heavy atom. The predicted octanol–water partition coefficient (Wildman–Crippen LogP) is 1.43. The number of urea groups is 1. The van der Waals surface area contributed by atoms with Crippen molar-refractivity contribution in [2.24, 2.45) is 0 Å². The summed E-state index contributed by atoms with van der Waals surface area (Å²) >= 11 is 0. The number of aliphatic hydroxyl groups excluding tert-OH is 1. The second-order valence-electron chi connectivity index (χ2n) is 6.69. The first-order chi connectivity index (χ1) is 12.6. The summed E-state index contributed by atoms with van der Waals surface area (Å²) in [6, 6.07) is 6.69. The summed E-state index contributed by atoms with van der Waals surface area (Å²) in [4.78, 5) is 27.9. The molecule has 3 rings (SSSR count). The molecule has 0 aromatic heterocycles. The van der Waals surface area contributed by atoms with Crippen molar-refractivity contribution in [1.82, 2.24) is 15.1 Å². The average molecular weight is 359 g/mol. The summed E-state index contributed by atoms with van der Waals surface area (Å²) in [5.41, 5.74) is 0.996. The van der Waals surface area contributed by atoms with Gasteiger partial charge in [0.05, 0.1) is 19.8 Å². The number of imide groups is 1. The van der Waals surface area contributed by atoms with Gasteiger partial charge in [-0.25, -0.2) is 4.79 Å². The molecule has 0 radical (unpaired) electrons. The maximum absolute atomic E-state index is 12.5. The van der Waals surface area contributed by atoms with Gasteiger partial charge in [0.15, 0.2) is 0 Å². The van der Waals surface area contributed by atoms with Crippen molar-refractivity contribution in [3.05, 3.63) is 35.5 Å². The van der Waals surface area contributed by atoms with Gasteiger partial charge < -0.3 is 20.1 Å². The maximum atomic E-state index is 12.5. The van der Waals surface area contributed by atoms with E-state index in [0.717, 1.165) is 42.1 Å². The summed E-state index contributed by atoms with van der Waals surface area (Å²) in [5, 5.41) is 12.9. The van der Waals surface area contributed by atoms with E-state index in [1.165, 1.54) is 6.42 Å². The van der Waals surface area contributed by atoms with Crippen LogP contribution in [0.15, 0.2) is 30.0 Å². The number of amides is 3. The number of nitrogens with one attached hydrogen (secondary N) is 1. The van der Waals surface area contributed by atoms with Crippen LogP contribution in [-0.4, -0.2) is 66.2 Å². The van der Waals surface area contributed by atoms with Gasteiger partial charge in [-0.05, 0) is 49.7 Å². The highest BCUT2D eigenvalue weighted by Crippen LogP contribution is 2.17. The molecule has 2 fully saturated rings. The van der Waals surface area contributed by atoms with Gasteiger partial charge in [-0.3, -0.25) is 9.69 Å². The van der Waals surface area contributed by atoms with E-state index in [1.54, 1.807) is 37.5 Å². The van der Waals surface area contributed by atoms with Crippen molar-refractivity contribution < 1.29 is 19.4 Å². The van der Waals surface area contributed by atoms with E-state index in [0.29, 0.717) is 6.54 Å². The fraction of sp³-hybridized carbons (Fsp3) is 0.474. The summed E-state index contributed by atoms with van der Waals surface area (Å²) in [6.45, 7) is 2.40. The zero-order valence-electron chi connectivity index (χ0n) is 15.0. The molecule has 1 atom stereocenters. The van der Waals surface area contributed by atoms with Crippen LogP contribution in [0.3, 0.4) is 0 Å². The molecule has 0 bridgehead atoms. The third-order valence-corrected chi connectivity index (χ3v) is 4.70. The van der Waals surface area contributed by atoms with Gasteiger partial charge in [0.2, 0.25) is 0 Å². The second kappa shape index (κ2) is 8.33. The van der Waals surface area contributed by atoms with E-state index in [4.69, 9.17) is 4.74 Å². The highest BCUT2D eigenvalue weighted by atomic mass is 16.5. The number of β-amino-alcohol motifs (C(OH)–C–C–N with tert-alkyl or cyclic N) is 1. The first kappa shape index (κ1) is 18.4. The van der Waals surface area contributed by atoms with Crippen LogP contribution >= 0.6 is 0 Å². The molecule has 2 saturated heterocycles. The summed E-state index contributed by atoms with van der Waals surface area (Å²) in [5.74, 6) is 0.305. The molecule has 0 aliphatic carbocycles.